The van der Waals surface area contributed by atoms with Crippen LogP contribution < -0.4 is 0 Å². The Kier molecular flexibility index (Phi) is 4.30. The number of aliphatic hydroxyl groups excluding tert-OH is 2. The van der Waals surface area contributed by atoms with Crippen molar-refractivity contribution in [3.8, 4) is 0 Å². The average molecular weight is 382 g/mol. The van der Waals surface area contributed by atoms with Gasteiger partial charge in [0.05, 0.1) is 12.2 Å². The fraction of sp³-hybridized carbons (Fsp3) is 0.720. The van der Waals surface area contributed by atoms with Gasteiger partial charge in [0.2, 0.25) is 0 Å². The zero-order chi connectivity index (χ0) is 19.7. The van der Waals surface area contributed by atoms with Crippen molar-refractivity contribution in [2.45, 2.75) is 77.9 Å². The molecule has 8 unspecified atom stereocenters. The lowest BCUT2D eigenvalue weighted by Gasteiger charge is -2.62. The van der Waals surface area contributed by atoms with Crippen molar-refractivity contribution in [3.63, 3.8) is 0 Å². The predicted molar refractivity (Wildman–Crippen MR) is 111 cm³/mol. The maximum absolute atomic E-state index is 11.3. The van der Waals surface area contributed by atoms with Crippen molar-refractivity contribution in [1.82, 2.24) is 4.98 Å². The molecule has 4 aliphatic rings. The quantitative estimate of drug-likeness (QED) is 0.732. The second kappa shape index (κ2) is 6.40. The average Bonchev–Trinajstić information content (AvgIpc) is 2.94. The first kappa shape index (κ1) is 18.8. The Bertz CT molecular complexity index is 789. The first-order chi connectivity index (χ1) is 13.3. The number of fused-ring (bicyclic) bond motifs is 5. The van der Waals surface area contributed by atoms with Crippen LogP contribution in [-0.2, 0) is 0 Å². The summed E-state index contributed by atoms with van der Waals surface area (Å²) in [5.41, 5.74) is 4.71. The highest BCUT2D eigenvalue weighted by atomic mass is 16.3. The molecule has 0 amide bonds. The van der Waals surface area contributed by atoms with Crippen LogP contribution in [0.4, 0.5) is 0 Å². The minimum atomic E-state index is -0.223. The van der Waals surface area contributed by atoms with Crippen LogP contribution in [0.3, 0.4) is 0 Å². The van der Waals surface area contributed by atoms with Crippen LogP contribution in [0, 0.1) is 34.5 Å². The van der Waals surface area contributed by atoms with Crippen LogP contribution in [0.2, 0.25) is 0 Å². The number of pyridine rings is 1. The minimum absolute atomic E-state index is 0.145. The number of rotatable bonds is 1. The van der Waals surface area contributed by atoms with E-state index in [0.717, 1.165) is 32.1 Å². The summed E-state index contributed by atoms with van der Waals surface area (Å²) in [6.07, 6.45) is 10.8. The van der Waals surface area contributed by atoms with Gasteiger partial charge in [0.15, 0.2) is 0 Å². The van der Waals surface area contributed by atoms with Gasteiger partial charge in [-0.05, 0) is 104 Å². The predicted octanol–water partition coefficient (Wildman–Crippen LogP) is 4.84. The van der Waals surface area contributed by atoms with E-state index in [1.807, 2.05) is 18.5 Å². The first-order valence-electron chi connectivity index (χ1n) is 11.3. The van der Waals surface area contributed by atoms with Crippen molar-refractivity contribution in [2.24, 2.45) is 34.5 Å². The van der Waals surface area contributed by atoms with Gasteiger partial charge >= 0.3 is 0 Å². The summed E-state index contributed by atoms with van der Waals surface area (Å²) in [7, 11) is 0. The molecule has 3 nitrogen and oxygen atoms in total. The van der Waals surface area contributed by atoms with Gasteiger partial charge in [0.1, 0.15) is 0 Å². The number of allylic oxidation sites excluding steroid dienone is 2. The number of hydrogen-bond acceptors (Lipinski definition) is 3. The molecule has 0 spiro atoms. The summed E-state index contributed by atoms with van der Waals surface area (Å²) >= 11 is 0. The standard InChI is InChI=1S/C25H35NO2/c1-15-11-20-22-19(24(2)8-6-18(27)12-17(24)13-21(22)28)7-9-25(20,3)23(15)16-5-4-10-26-14-16/h4-5,10,14,17-22,27-28H,6-9,11-13H2,1-3H3. The van der Waals surface area contributed by atoms with E-state index in [-0.39, 0.29) is 23.0 Å². The van der Waals surface area contributed by atoms with Crippen LogP contribution in [0.25, 0.3) is 5.57 Å². The second-order valence-electron chi connectivity index (χ2n) is 10.8. The van der Waals surface area contributed by atoms with Gasteiger partial charge in [-0.1, -0.05) is 25.5 Å². The summed E-state index contributed by atoms with van der Waals surface area (Å²) in [5.74, 6) is 1.98. The Morgan fingerprint density at radius 2 is 1.89 bits per heavy atom. The van der Waals surface area contributed by atoms with Gasteiger partial charge in [-0.25, -0.2) is 0 Å². The molecule has 152 valence electrons. The van der Waals surface area contributed by atoms with Gasteiger partial charge < -0.3 is 10.2 Å². The van der Waals surface area contributed by atoms with Crippen molar-refractivity contribution in [2.75, 3.05) is 0 Å². The highest BCUT2D eigenvalue weighted by Crippen LogP contribution is 2.68. The topological polar surface area (TPSA) is 53.4 Å². The lowest BCUT2D eigenvalue weighted by molar-refractivity contribution is -0.163. The first-order valence-corrected chi connectivity index (χ1v) is 11.3. The normalized spacial score (nSPS) is 48.0. The number of nitrogens with zero attached hydrogens (tertiary/aromatic N) is 1. The van der Waals surface area contributed by atoms with Crippen LogP contribution in [0.15, 0.2) is 30.1 Å². The molecule has 0 aliphatic heterocycles. The van der Waals surface area contributed by atoms with Gasteiger partial charge in [-0.15, -0.1) is 0 Å². The molecular weight excluding hydrogens is 346 g/mol. The van der Waals surface area contributed by atoms with E-state index < -0.39 is 0 Å². The lowest BCUT2D eigenvalue weighted by atomic mass is 9.44. The van der Waals surface area contributed by atoms with Crippen molar-refractivity contribution in [3.05, 3.63) is 35.7 Å². The number of hydrogen-bond donors (Lipinski definition) is 2. The molecule has 0 saturated heterocycles. The molecule has 3 heteroatoms. The Morgan fingerprint density at radius 3 is 2.64 bits per heavy atom. The van der Waals surface area contributed by atoms with E-state index in [2.05, 4.69) is 31.8 Å². The Hall–Kier alpha value is -1.19. The SMILES string of the molecule is CC1=C(c2cccnc2)C2(C)CCC3C(C(O)CC4CC(O)CCC43C)C2C1. The van der Waals surface area contributed by atoms with E-state index in [4.69, 9.17) is 0 Å². The third kappa shape index (κ3) is 2.51. The summed E-state index contributed by atoms with van der Waals surface area (Å²) < 4.78 is 0. The molecule has 28 heavy (non-hydrogen) atoms. The van der Waals surface area contributed by atoms with E-state index in [0.29, 0.717) is 23.7 Å². The maximum atomic E-state index is 11.3. The molecule has 8 atom stereocenters. The summed E-state index contributed by atoms with van der Waals surface area (Å²) in [6, 6.07) is 4.26. The fourth-order valence-corrected chi connectivity index (χ4v) is 8.22. The molecule has 1 heterocycles. The van der Waals surface area contributed by atoms with E-state index in [9.17, 15) is 10.2 Å². The highest BCUT2D eigenvalue weighted by Gasteiger charge is 2.61. The minimum Gasteiger partial charge on any atom is -0.393 e. The third-order valence-corrected chi connectivity index (χ3v) is 9.52. The molecule has 2 N–H and O–H groups in total. The van der Waals surface area contributed by atoms with Crippen LogP contribution >= 0.6 is 0 Å². The largest absolute Gasteiger partial charge is 0.393 e. The summed E-state index contributed by atoms with van der Waals surface area (Å²) in [4.78, 5) is 4.39. The molecule has 5 rings (SSSR count). The van der Waals surface area contributed by atoms with Crippen molar-refractivity contribution >= 4 is 5.57 Å². The molecular formula is C25H35NO2. The molecule has 0 radical (unpaired) electrons. The van der Waals surface area contributed by atoms with Gasteiger partial charge in [0.25, 0.3) is 0 Å². The lowest BCUT2D eigenvalue weighted by Crippen LogP contribution is -2.58. The van der Waals surface area contributed by atoms with Gasteiger partial charge in [-0.3, -0.25) is 4.98 Å². The molecule has 4 aliphatic carbocycles. The molecule has 1 aromatic heterocycles. The van der Waals surface area contributed by atoms with E-state index in [1.54, 1.807) is 0 Å². The maximum Gasteiger partial charge on any atom is 0.0577 e. The Balaban J connectivity index is 1.51. The fourth-order valence-electron chi connectivity index (χ4n) is 8.22. The molecule has 0 bridgehead atoms. The number of aliphatic hydroxyl groups is 2. The van der Waals surface area contributed by atoms with Gasteiger partial charge in [0, 0.05) is 12.4 Å². The van der Waals surface area contributed by atoms with Crippen molar-refractivity contribution in [1.29, 1.82) is 0 Å². The highest BCUT2D eigenvalue weighted by molar-refractivity contribution is 5.75. The Morgan fingerprint density at radius 1 is 1.07 bits per heavy atom. The van der Waals surface area contributed by atoms with E-state index >= 15 is 0 Å². The van der Waals surface area contributed by atoms with Gasteiger partial charge in [-0.2, -0.15) is 0 Å². The van der Waals surface area contributed by atoms with Crippen LogP contribution in [0.5, 0.6) is 0 Å². The second-order valence-corrected chi connectivity index (χ2v) is 10.8. The zero-order valence-electron chi connectivity index (χ0n) is 17.6. The molecule has 0 aromatic carbocycles. The third-order valence-electron chi connectivity index (χ3n) is 9.52. The van der Waals surface area contributed by atoms with Crippen LogP contribution in [0.1, 0.15) is 71.3 Å². The smallest absolute Gasteiger partial charge is 0.0577 e. The van der Waals surface area contributed by atoms with Crippen LogP contribution in [-0.4, -0.2) is 27.4 Å². The Labute approximate surface area is 169 Å². The zero-order valence-corrected chi connectivity index (χ0v) is 17.6. The van der Waals surface area contributed by atoms with Crippen molar-refractivity contribution < 1.29 is 10.2 Å². The number of aromatic nitrogens is 1. The molecule has 3 fully saturated rings. The molecule has 3 saturated carbocycles. The summed E-state index contributed by atoms with van der Waals surface area (Å²) in [5, 5.41) is 21.6. The van der Waals surface area contributed by atoms with E-state index in [1.165, 1.54) is 29.6 Å². The monoisotopic (exact) mass is 381 g/mol. The molecule has 1 aromatic rings. The summed E-state index contributed by atoms with van der Waals surface area (Å²) in [6.45, 7) is 7.24.